The lowest BCUT2D eigenvalue weighted by atomic mass is 10.1. The second-order valence-corrected chi connectivity index (χ2v) is 6.39. The number of aromatic nitrogens is 3. The molecule has 0 saturated heterocycles. The summed E-state index contributed by atoms with van der Waals surface area (Å²) in [5.74, 6) is -1.12. The predicted octanol–water partition coefficient (Wildman–Crippen LogP) is 2.77. The summed E-state index contributed by atoms with van der Waals surface area (Å²) in [6.07, 6.45) is -9.58. The molecule has 164 valence electrons. The van der Waals surface area contributed by atoms with Crippen molar-refractivity contribution in [1.82, 2.24) is 14.1 Å². The molecule has 3 aromatic rings. The van der Waals surface area contributed by atoms with E-state index < -0.39 is 58.6 Å². The number of carbonyl (C=O) groups is 1. The van der Waals surface area contributed by atoms with Crippen molar-refractivity contribution < 1.29 is 31.1 Å². The summed E-state index contributed by atoms with van der Waals surface area (Å²) in [7, 11) is 1.05. The highest BCUT2D eigenvalue weighted by molar-refractivity contribution is 5.91. The number of benzene rings is 1. The summed E-state index contributed by atoms with van der Waals surface area (Å²) in [4.78, 5) is 40.5. The van der Waals surface area contributed by atoms with Crippen molar-refractivity contribution in [3.05, 3.63) is 68.5 Å². The number of halogens is 6. The Morgan fingerprint density at radius 1 is 1.00 bits per heavy atom. The van der Waals surface area contributed by atoms with Gasteiger partial charge in [-0.25, -0.2) is 9.78 Å². The van der Waals surface area contributed by atoms with Crippen molar-refractivity contribution in [3.8, 4) is 0 Å². The minimum Gasteiger partial charge on any atom is -0.324 e. The smallest absolute Gasteiger partial charge is 0.324 e. The molecule has 0 unspecified atom stereocenters. The van der Waals surface area contributed by atoms with Crippen molar-refractivity contribution in [1.29, 1.82) is 0 Å². The van der Waals surface area contributed by atoms with E-state index in [1.807, 2.05) is 5.32 Å². The summed E-state index contributed by atoms with van der Waals surface area (Å²) >= 11 is 0. The van der Waals surface area contributed by atoms with E-state index in [1.165, 1.54) is 6.07 Å². The number of para-hydroxylation sites is 1. The Bertz CT molecular complexity index is 1290. The van der Waals surface area contributed by atoms with E-state index in [9.17, 15) is 40.7 Å². The van der Waals surface area contributed by atoms with Crippen LogP contribution in [-0.4, -0.2) is 20.0 Å². The molecule has 1 N–H and O–H groups in total. The van der Waals surface area contributed by atoms with Crippen LogP contribution in [0.15, 0.2) is 46.0 Å². The summed E-state index contributed by atoms with van der Waals surface area (Å²) in [5.41, 5.74) is -5.87. The molecule has 0 aliphatic rings. The summed E-state index contributed by atoms with van der Waals surface area (Å²) in [6, 6.07) is 5.43. The minimum absolute atomic E-state index is 0.376. The van der Waals surface area contributed by atoms with Gasteiger partial charge in [-0.1, -0.05) is 12.1 Å². The third kappa shape index (κ3) is 4.29. The summed E-state index contributed by atoms with van der Waals surface area (Å²) in [6.45, 7) is -0.964. The van der Waals surface area contributed by atoms with Gasteiger partial charge in [0, 0.05) is 7.05 Å². The highest BCUT2D eigenvalue weighted by atomic mass is 19.4. The number of fused-ring (bicyclic) bond motifs is 1. The van der Waals surface area contributed by atoms with Crippen LogP contribution in [0, 0.1) is 0 Å². The molecule has 0 fully saturated rings. The van der Waals surface area contributed by atoms with E-state index in [0.29, 0.717) is 15.2 Å². The molecule has 0 atom stereocenters. The van der Waals surface area contributed by atoms with Gasteiger partial charge in [-0.15, -0.1) is 0 Å². The largest absolute Gasteiger partial charge is 0.433 e. The fourth-order valence-electron chi connectivity index (χ4n) is 2.84. The van der Waals surface area contributed by atoms with Crippen LogP contribution in [-0.2, 0) is 30.7 Å². The number of pyridine rings is 1. The SMILES string of the molecule is Cn1c(=O)n(CC(=O)Nc2ccccc2C(F)(F)F)c(=O)c2ccc(C(F)(F)F)nc21. The molecule has 0 radical (unpaired) electrons. The number of hydrogen-bond donors (Lipinski definition) is 1. The van der Waals surface area contributed by atoms with Gasteiger partial charge in [-0.05, 0) is 24.3 Å². The monoisotopic (exact) mass is 446 g/mol. The van der Waals surface area contributed by atoms with E-state index in [2.05, 4.69) is 4.98 Å². The lowest BCUT2D eigenvalue weighted by molar-refractivity contribution is -0.141. The first-order valence-corrected chi connectivity index (χ1v) is 8.44. The Balaban J connectivity index is 2.01. The molecule has 7 nitrogen and oxygen atoms in total. The van der Waals surface area contributed by atoms with Gasteiger partial charge in [0.15, 0.2) is 0 Å². The lowest BCUT2D eigenvalue weighted by Gasteiger charge is -2.14. The standard InChI is InChI=1S/C18H12F6N4O3/c1-27-14-9(6-7-12(26-14)18(22,23)24)15(30)28(16(27)31)8-13(29)25-11-5-3-2-4-10(11)17(19,20)21/h2-7H,8H2,1H3,(H,25,29). The number of nitrogens with one attached hydrogen (secondary N) is 1. The molecule has 0 spiro atoms. The van der Waals surface area contributed by atoms with E-state index in [-0.39, 0.29) is 5.39 Å². The normalized spacial score (nSPS) is 12.2. The Labute approximate surface area is 168 Å². The maximum Gasteiger partial charge on any atom is 0.433 e. The second-order valence-electron chi connectivity index (χ2n) is 6.39. The van der Waals surface area contributed by atoms with Gasteiger partial charge in [0.2, 0.25) is 5.91 Å². The average Bonchev–Trinajstić information content (AvgIpc) is 2.68. The van der Waals surface area contributed by atoms with Crippen LogP contribution < -0.4 is 16.6 Å². The summed E-state index contributed by atoms with van der Waals surface area (Å²) in [5, 5.41) is 1.61. The van der Waals surface area contributed by atoms with Crippen molar-refractivity contribution in [2.75, 3.05) is 5.32 Å². The Morgan fingerprint density at radius 3 is 2.26 bits per heavy atom. The summed E-state index contributed by atoms with van der Waals surface area (Å²) < 4.78 is 78.8. The molecule has 0 saturated carbocycles. The minimum atomic E-state index is -4.81. The average molecular weight is 446 g/mol. The number of amides is 1. The van der Waals surface area contributed by atoms with Gasteiger partial charge in [0.25, 0.3) is 5.56 Å². The van der Waals surface area contributed by atoms with Gasteiger partial charge >= 0.3 is 18.0 Å². The quantitative estimate of drug-likeness (QED) is 0.627. The van der Waals surface area contributed by atoms with Crippen LogP contribution in [0.25, 0.3) is 11.0 Å². The van der Waals surface area contributed by atoms with Gasteiger partial charge < -0.3 is 5.32 Å². The van der Waals surface area contributed by atoms with E-state index in [4.69, 9.17) is 0 Å². The van der Waals surface area contributed by atoms with E-state index >= 15 is 0 Å². The molecule has 1 aromatic carbocycles. The number of carbonyl (C=O) groups excluding carboxylic acids is 1. The zero-order chi connectivity index (χ0) is 23.1. The second kappa shape index (κ2) is 7.56. The first-order chi connectivity index (χ1) is 14.3. The number of anilines is 1. The number of rotatable bonds is 3. The van der Waals surface area contributed by atoms with Crippen LogP contribution >= 0.6 is 0 Å². The first kappa shape index (κ1) is 22.1. The van der Waals surface area contributed by atoms with Crippen molar-refractivity contribution >= 4 is 22.6 Å². The molecule has 13 heteroatoms. The van der Waals surface area contributed by atoms with Crippen molar-refractivity contribution in [3.63, 3.8) is 0 Å². The topological polar surface area (TPSA) is 86.0 Å². The van der Waals surface area contributed by atoms with Gasteiger partial charge in [0.1, 0.15) is 17.9 Å². The Hall–Kier alpha value is -3.64. The van der Waals surface area contributed by atoms with Crippen molar-refractivity contribution in [2.45, 2.75) is 18.9 Å². The molecule has 3 rings (SSSR count). The van der Waals surface area contributed by atoms with Crippen LogP contribution in [0.4, 0.5) is 32.0 Å². The van der Waals surface area contributed by atoms with Crippen LogP contribution in [0.1, 0.15) is 11.3 Å². The fourth-order valence-corrected chi connectivity index (χ4v) is 2.84. The zero-order valence-electron chi connectivity index (χ0n) is 15.5. The highest BCUT2D eigenvalue weighted by Crippen LogP contribution is 2.34. The van der Waals surface area contributed by atoms with Crippen molar-refractivity contribution in [2.24, 2.45) is 7.05 Å². The molecule has 0 bridgehead atoms. The van der Waals surface area contributed by atoms with Crippen LogP contribution in [0.3, 0.4) is 0 Å². The molecular formula is C18H12F6N4O3. The van der Waals surface area contributed by atoms with Gasteiger partial charge in [-0.3, -0.25) is 18.7 Å². The molecular weight excluding hydrogens is 434 g/mol. The predicted molar refractivity (Wildman–Crippen MR) is 96.3 cm³/mol. The molecule has 0 aliphatic carbocycles. The number of nitrogens with zero attached hydrogens (tertiary/aromatic N) is 3. The first-order valence-electron chi connectivity index (χ1n) is 8.44. The lowest BCUT2D eigenvalue weighted by Crippen LogP contribution is -2.42. The van der Waals surface area contributed by atoms with Gasteiger partial charge in [-0.2, -0.15) is 26.3 Å². The molecule has 2 aromatic heterocycles. The third-order valence-electron chi connectivity index (χ3n) is 4.28. The number of alkyl halides is 6. The number of hydrogen-bond acceptors (Lipinski definition) is 4. The molecule has 0 aliphatic heterocycles. The number of aryl methyl sites for hydroxylation is 1. The maximum absolute atomic E-state index is 13.1. The Morgan fingerprint density at radius 2 is 1.65 bits per heavy atom. The highest BCUT2D eigenvalue weighted by Gasteiger charge is 2.34. The Kier molecular flexibility index (Phi) is 5.38. The van der Waals surface area contributed by atoms with Gasteiger partial charge in [0.05, 0.1) is 16.6 Å². The molecule has 1 amide bonds. The molecule has 31 heavy (non-hydrogen) atoms. The van der Waals surface area contributed by atoms with E-state index in [0.717, 1.165) is 31.3 Å². The fraction of sp³-hybridized carbons (Fsp3) is 0.222. The molecule has 2 heterocycles. The van der Waals surface area contributed by atoms with Crippen LogP contribution in [0.5, 0.6) is 0 Å². The third-order valence-corrected chi connectivity index (χ3v) is 4.28. The van der Waals surface area contributed by atoms with E-state index in [1.54, 1.807) is 0 Å². The van der Waals surface area contributed by atoms with Crippen LogP contribution in [0.2, 0.25) is 0 Å². The zero-order valence-corrected chi connectivity index (χ0v) is 15.5. The maximum atomic E-state index is 13.1.